The van der Waals surface area contributed by atoms with E-state index in [4.69, 9.17) is 4.74 Å². The van der Waals surface area contributed by atoms with Crippen LogP contribution in [0.2, 0.25) is 0 Å². The van der Waals surface area contributed by atoms with E-state index in [2.05, 4.69) is 10.0 Å². The monoisotopic (exact) mass is 452 g/mol. The zero-order chi connectivity index (χ0) is 23.1. The molecule has 3 aromatic carbocycles. The summed E-state index contributed by atoms with van der Waals surface area (Å²) < 4.78 is 34.2. The van der Waals surface area contributed by atoms with E-state index >= 15 is 0 Å². The Bertz CT molecular complexity index is 1170. The first kappa shape index (κ1) is 23.5. The molecule has 3 aromatic rings. The van der Waals surface area contributed by atoms with Gasteiger partial charge in [0.05, 0.1) is 18.1 Å². The van der Waals surface area contributed by atoms with Crippen LogP contribution in [0.15, 0.2) is 71.6 Å². The van der Waals surface area contributed by atoms with Gasteiger partial charge in [0.15, 0.2) is 0 Å². The SMILES string of the molecule is Cc1cc(C)cc(NS(=O)(=O)c2cc(C(=O)NCCOCc3ccccc3)ccc2C)c1. The molecule has 0 fully saturated rings. The molecule has 0 aromatic heterocycles. The highest BCUT2D eigenvalue weighted by Gasteiger charge is 2.19. The van der Waals surface area contributed by atoms with Crippen molar-refractivity contribution in [2.24, 2.45) is 0 Å². The molecule has 0 unspecified atom stereocenters. The molecule has 168 valence electrons. The number of rotatable bonds is 9. The van der Waals surface area contributed by atoms with E-state index < -0.39 is 10.0 Å². The lowest BCUT2D eigenvalue weighted by Crippen LogP contribution is -2.27. The highest BCUT2D eigenvalue weighted by Crippen LogP contribution is 2.22. The second-order valence-corrected chi connectivity index (χ2v) is 9.41. The number of hydrogen-bond donors (Lipinski definition) is 2. The van der Waals surface area contributed by atoms with Gasteiger partial charge in [-0.3, -0.25) is 9.52 Å². The largest absolute Gasteiger partial charge is 0.375 e. The van der Waals surface area contributed by atoms with Crippen LogP contribution in [-0.4, -0.2) is 27.5 Å². The number of ether oxygens (including phenoxy) is 1. The van der Waals surface area contributed by atoms with Crippen molar-refractivity contribution in [2.45, 2.75) is 32.3 Å². The minimum absolute atomic E-state index is 0.0737. The van der Waals surface area contributed by atoms with Gasteiger partial charge in [-0.05, 0) is 67.3 Å². The summed E-state index contributed by atoms with van der Waals surface area (Å²) in [6, 6.07) is 19.9. The maximum Gasteiger partial charge on any atom is 0.262 e. The first-order valence-corrected chi connectivity index (χ1v) is 11.8. The molecule has 0 bridgehead atoms. The first-order valence-electron chi connectivity index (χ1n) is 10.4. The van der Waals surface area contributed by atoms with Gasteiger partial charge < -0.3 is 10.1 Å². The van der Waals surface area contributed by atoms with Crippen LogP contribution in [0.4, 0.5) is 5.69 Å². The standard InChI is InChI=1S/C25H28N2O4S/c1-18-13-19(2)15-23(14-18)27-32(29,30)24-16-22(10-9-20(24)3)25(28)26-11-12-31-17-21-7-5-4-6-8-21/h4-10,13-16,27H,11-12,17H2,1-3H3,(H,26,28). The predicted molar refractivity (Wildman–Crippen MR) is 126 cm³/mol. The summed E-state index contributed by atoms with van der Waals surface area (Å²) in [6.45, 7) is 6.66. The number of amides is 1. The first-order chi connectivity index (χ1) is 15.2. The summed E-state index contributed by atoms with van der Waals surface area (Å²) in [4.78, 5) is 12.6. The zero-order valence-electron chi connectivity index (χ0n) is 18.5. The molecular formula is C25H28N2O4S. The van der Waals surface area contributed by atoms with Crippen LogP contribution < -0.4 is 10.0 Å². The predicted octanol–water partition coefficient (Wildman–Crippen LogP) is 4.36. The van der Waals surface area contributed by atoms with Gasteiger partial charge in [-0.15, -0.1) is 0 Å². The Morgan fingerprint density at radius 1 is 0.906 bits per heavy atom. The van der Waals surface area contributed by atoms with Gasteiger partial charge in [0.1, 0.15) is 0 Å². The zero-order valence-corrected chi connectivity index (χ0v) is 19.3. The number of hydrogen-bond acceptors (Lipinski definition) is 4. The van der Waals surface area contributed by atoms with Gasteiger partial charge in [-0.2, -0.15) is 0 Å². The summed E-state index contributed by atoms with van der Waals surface area (Å²) in [7, 11) is -3.85. The maximum absolute atomic E-state index is 13.0. The van der Waals surface area contributed by atoms with Crippen LogP contribution in [0.5, 0.6) is 0 Å². The van der Waals surface area contributed by atoms with Crippen molar-refractivity contribution in [1.82, 2.24) is 5.32 Å². The summed E-state index contributed by atoms with van der Waals surface area (Å²) >= 11 is 0. The van der Waals surface area contributed by atoms with E-state index in [1.165, 1.54) is 6.07 Å². The van der Waals surface area contributed by atoms with Crippen LogP contribution in [0.3, 0.4) is 0 Å². The fourth-order valence-corrected chi connectivity index (χ4v) is 4.69. The summed E-state index contributed by atoms with van der Waals surface area (Å²) in [5, 5.41) is 2.77. The fraction of sp³-hybridized carbons (Fsp3) is 0.240. The van der Waals surface area contributed by atoms with Crippen LogP contribution in [0.1, 0.15) is 32.6 Å². The van der Waals surface area contributed by atoms with Gasteiger partial charge in [-0.25, -0.2) is 8.42 Å². The lowest BCUT2D eigenvalue weighted by molar-refractivity contribution is 0.0900. The van der Waals surface area contributed by atoms with Gasteiger partial charge in [0.2, 0.25) is 0 Å². The van der Waals surface area contributed by atoms with E-state index in [0.29, 0.717) is 31.0 Å². The van der Waals surface area contributed by atoms with E-state index in [0.717, 1.165) is 16.7 Å². The fourth-order valence-electron chi connectivity index (χ4n) is 3.38. The third-order valence-corrected chi connectivity index (χ3v) is 6.38. The lowest BCUT2D eigenvalue weighted by Gasteiger charge is -2.13. The van der Waals surface area contributed by atoms with Crippen molar-refractivity contribution >= 4 is 21.6 Å². The maximum atomic E-state index is 13.0. The molecule has 0 heterocycles. The minimum atomic E-state index is -3.85. The molecular weight excluding hydrogens is 424 g/mol. The van der Waals surface area contributed by atoms with Gasteiger partial charge in [-0.1, -0.05) is 42.5 Å². The molecule has 0 aliphatic rings. The van der Waals surface area contributed by atoms with E-state index in [9.17, 15) is 13.2 Å². The number of carbonyl (C=O) groups is 1. The van der Waals surface area contributed by atoms with E-state index in [1.807, 2.05) is 50.2 Å². The Labute approximate surface area is 189 Å². The molecule has 0 spiro atoms. The van der Waals surface area contributed by atoms with E-state index in [1.54, 1.807) is 31.2 Å². The molecule has 2 N–H and O–H groups in total. The second kappa shape index (κ2) is 10.4. The second-order valence-electron chi connectivity index (χ2n) is 7.76. The Morgan fingerprint density at radius 3 is 2.28 bits per heavy atom. The number of sulfonamides is 1. The van der Waals surface area contributed by atoms with Crippen molar-refractivity contribution in [1.29, 1.82) is 0 Å². The number of nitrogens with one attached hydrogen (secondary N) is 2. The molecule has 0 atom stereocenters. The minimum Gasteiger partial charge on any atom is -0.375 e. The van der Waals surface area contributed by atoms with Crippen molar-refractivity contribution in [2.75, 3.05) is 17.9 Å². The van der Waals surface area contributed by atoms with Crippen LogP contribution in [-0.2, 0) is 21.4 Å². The smallest absolute Gasteiger partial charge is 0.262 e. The Kier molecular flexibility index (Phi) is 7.66. The normalized spacial score (nSPS) is 11.2. The van der Waals surface area contributed by atoms with Crippen molar-refractivity contribution in [3.8, 4) is 0 Å². The Morgan fingerprint density at radius 2 is 1.59 bits per heavy atom. The molecule has 0 radical (unpaired) electrons. The molecule has 3 rings (SSSR count). The highest BCUT2D eigenvalue weighted by atomic mass is 32.2. The molecule has 0 aliphatic carbocycles. The molecule has 0 aliphatic heterocycles. The van der Waals surface area contributed by atoms with Gasteiger partial charge in [0.25, 0.3) is 15.9 Å². The average molecular weight is 453 g/mol. The third-order valence-electron chi connectivity index (χ3n) is 4.86. The van der Waals surface area contributed by atoms with Crippen molar-refractivity contribution in [3.63, 3.8) is 0 Å². The molecule has 32 heavy (non-hydrogen) atoms. The summed E-state index contributed by atoms with van der Waals surface area (Å²) in [6.07, 6.45) is 0. The quantitative estimate of drug-likeness (QED) is 0.473. The number of benzene rings is 3. The summed E-state index contributed by atoms with van der Waals surface area (Å²) in [5.74, 6) is -0.351. The van der Waals surface area contributed by atoms with Crippen molar-refractivity contribution < 1.29 is 17.9 Å². The van der Waals surface area contributed by atoms with Gasteiger partial charge in [0, 0.05) is 17.8 Å². The third kappa shape index (κ3) is 6.42. The number of carbonyl (C=O) groups excluding carboxylic acids is 1. The Hall–Kier alpha value is -3.16. The number of aryl methyl sites for hydroxylation is 3. The summed E-state index contributed by atoms with van der Waals surface area (Å²) in [5.41, 5.74) is 4.31. The lowest BCUT2D eigenvalue weighted by atomic mass is 10.1. The molecule has 6 nitrogen and oxygen atoms in total. The Balaban J connectivity index is 1.63. The average Bonchev–Trinajstić information content (AvgIpc) is 2.73. The molecule has 1 amide bonds. The van der Waals surface area contributed by atoms with E-state index in [-0.39, 0.29) is 16.4 Å². The van der Waals surface area contributed by atoms with Crippen LogP contribution >= 0.6 is 0 Å². The highest BCUT2D eigenvalue weighted by molar-refractivity contribution is 7.92. The molecule has 7 heteroatoms. The number of anilines is 1. The topological polar surface area (TPSA) is 84.5 Å². The van der Waals surface area contributed by atoms with Crippen LogP contribution in [0, 0.1) is 20.8 Å². The molecule has 0 saturated heterocycles. The van der Waals surface area contributed by atoms with Crippen LogP contribution in [0.25, 0.3) is 0 Å². The van der Waals surface area contributed by atoms with Gasteiger partial charge >= 0.3 is 0 Å². The van der Waals surface area contributed by atoms with Crippen molar-refractivity contribution in [3.05, 3.63) is 94.5 Å². The molecule has 0 saturated carbocycles.